The molecule has 0 spiro atoms. The average molecular weight is 303 g/mol. The minimum absolute atomic E-state index is 0. The molecule has 0 fully saturated rings. The van der Waals surface area contributed by atoms with E-state index in [1.165, 1.54) is 0 Å². The van der Waals surface area contributed by atoms with Gasteiger partial charge in [-0.25, -0.2) is 0 Å². The Bertz CT molecular complexity index is 34.5. The first-order chi connectivity index (χ1) is 1.73. The van der Waals surface area contributed by atoms with Crippen LogP contribution in [-0.2, 0) is 4.79 Å². The molecule has 0 aromatic heterocycles. The van der Waals surface area contributed by atoms with Gasteiger partial charge >= 0.3 is 26.2 Å². The van der Waals surface area contributed by atoms with Gasteiger partial charge in [0.25, 0.3) is 0 Å². The van der Waals surface area contributed by atoms with Crippen molar-refractivity contribution in [2.45, 2.75) is 6.92 Å². The summed E-state index contributed by atoms with van der Waals surface area (Å²) in [5, 5.41) is 8.89. The SMILES string of the molecule is CC(=O)[O-].[Bi+3].[Cl-]. The number of carboxylic acid groups (broad SMARTS) is 1. The van der Waals surface area contributed by atoms with Gasteiger partial charge in [0.1, 0.15) is 0 Å². The molecule has 0 aliphatic carbocycles. The Labute approximate surface area is 61.5 Å². The summed E-state index contributed by atoms with van der Waals surface area (Å²) >= 11 is 0. The molecule has 0 aliphatic rings. The van der Waals surface area contributed by atoms with Gasteiger partial charge in [0.15, 0.2) is 0 Å². The fraction of sp³-hybridized carbons (Fsp3) is 0.500. The third-order valence-corrected chi connectivity index (χ3v) is 0. The molecule has 0 saturated carbocycles. The van der Waals surface area contributed by atoms with E-state index < -0.39 is 5.97 Å². The number of carbonyl (C=O) groups is 1. The summed E-state index contributed by atoms with van der Waals surface area (Å²) in [7, 11) is 0. The van der Waals surface area contributed by atoms with Crippen LogP contribution in [0, 0.1) is 0 Å². The summed E-state index contributed by atoms with van der Waals surface area (Å²) in [4.78, 5) is 8.89. The molecule has 0 aliphatic heterocycles. The Hall–Kier alpha value is 0.643. The molecule has 0 amide bonds. The van der Waals surface area contributed by atoms with Crippen LogP contribution in [-0.4, -0.2) is 32.2 Å². The molecule has 0 aromatic carbocycles. The van der Waals surface area contributed by atoms with Crippen LogP contribution < -0.4 is 17.5 Å². The zero-order valence-electron chi connectivity index (χ0n) is 3.14. The van der Waals surface area contributed by atoms with Gasteiger partial charge in [-0.15, -0.1) is 0 Å². The van der Waals surface area contributed by atoms with E-state index in [4.69, 9.17) is 9.90 Å². The minimum Gasteiger partial charge on any atom is -1.00 e. The predicted molar refractivity (Wildman–Crippen MR) is 16.4 cm³/mol. The molecule has 0 aromatic rings. The Morgan fingerprint density at radius 2 is 1.67 bits per heavy atom. The molecule has 0 N–H and O–H groups in total. The van der Waals surface area contributed by atoms with Gasteiger partial charge in [0.05, 0.1) is 0 Å². The van der Waals surface area contributed by atoms with Gasteiger partial charge < -0.3 is 22.3 Å². The number of halogens is 1. The van der Waals surface area contributed by atoms with Gasteiger partial charge in [-0.3, -0.25) is 0 Å². The summed E-state index contributed by atoms with van der Waals surface area (Å²) in [6.07, 6.45) is 0. The zero-order valence-corrected chi connectivity index (χ0v) is 7.37. The molecule has 0 bridgehead atoms. The molecular weight excluding hydrogens is 300 g/mol. The van der Waals surface area contributed by atoms with E-state index in [0.717, 1.165) is 6.92 Å². The normalized spacial score (nSPS) is 4.17. The maximum Gasteiger partial charge on any atom is 3.00 e. The zero-order chi connectivity index (χ0) is 3.58. The molecule has 4 heteroatoms. The summed E-state index contributed by atoms with van der Waals surface area (Å²) in [5.41, 5.74) is 0. The quantitative estimate of drug-likeness (QED) is 0.423. The first kappa shape index (κ1) is 15.9. The second-order valence-corrected chi connectivity index (χ2v) is 0.492. The summed E-state index contributed by atoms with van der Waals surface area (Å²) in [6.45, 7) is 0.972. The molecule has 0 atom stereocenters. The standard InChI is InChI=1S/C2H4O2.Bi.ClH/c1-2(3)4;;/h1H3,(H,3,4);;1H/q;+3;/p-2. The number of hydrogen-bond donors (Lipinski definition) is 0. The first-order valence-corrected chi connectivity index (χ1v) is 0.908. The van der Waals surface area contributed by atoms with Crippen LogP contribution in [0.15, 0.2) is 0 Å². The van der Waals surface area contributed by atoms with Crippen molar-refractivity contribution >= 4 is 32.2 Å². The first-order valence-electron chi connectivity index (χ1n) is 0.908. The maximum atomic E-state index is 8.89. The average Bonchev–Trinajstić information content (AvgIpc) is 0.811. The molecule has 34 valence electrons. The molecule has 6 heavy (non-hydrogen) atoms. The Morgan fingerprint density at radius 1 is 1.67 bits per heavy atom. The van der Waals surface area contributed by atoms with Crippen molar-refractivity contribution in [3.63, 3.8) is 0 Å². The molecule has 0 unspecified atom stereocenters. The number of carboxylic acids is 1. The molecule has 0 saturated heterocycles. The topological polar surface area (TPSA) is 40.1 Å². The monoisotopic (exact) mass is 303 g/mol. The van der Waals surface area contributed by atoms with Crippen molar-refractivity contribution < 1.29 is 22.3 Å². The summed E-state index contributed by atoms with van der Waals surface area (Å²) in [6, 6.07) is 0. The second-order valence-electron chi connectivity index (χ2n) is 0.492. The summed E-state index contributed by atoms with van der Waals surface area (Å²) in [5.74, 6) is -1.08. The second kappa shape index (κ2) is 9.17. The molecule has 0 rings (SSSR count). The van der Waals surface area contributed by atoms with Gasteiger partial charge in [-0.1, -0.05) is 0 Å². The molecule has 2 radical (unpaired) electrons. The van der Waals surface area contributed by atoms with Crippen molar-refractivity contribution in [3.05, 3.63) is 0 Å². The fourth-order valence-corrected chi connectivity index (χ4v) is 0. The van der Waals surface area contributed by atoms with Crippen molar-refractivity contribution in [1.82, 2.24) is 0 Å². The van der Waals surface area contributed by atoms with Crippen molar-refractivity contribution in [3.8, 4) is 0 Å². The van der Waals surface area contributed by atoms with Gasteiger partial charge in [0, 0.05) is 5.97 Å². The van der Waals surface area contributed by atoms with Crippen molar-refractivity contribution in [2.24, 2.45) is 0 Å². The Balaban J connectivity index is -0.0000000450. The van der Waals surface area contributed by atoms with E-state index in [2.05, 4.69) is 0 Å². The van der Waals surface area contributed by atoms with Crippen molar-refractivity contribution in [2.75, 3.05) is 0 Å². The van der Waals surface area contributed by atoms with Crippen LogP contribution in [0.25, 0.3) is 0 Å². The summed E-state index contributed by atoms with van der Waals surface area (Å²) < 4.78 is 0. The maximum absolute atomic E-state index is 8.89. The van der Waals surface area contributed by atoms with Crippen LogP contribution in [0.4, 0.5) is 0 Å². The predicted octanol–water partition coefficient (Wildman–Crippen LogP) is -4.62. The van der Waals surface area contributed by atoms with E-state index in [0.29, 0.717) is 0 Å². The van der Waals surface area contributed by atoms with E-state index >= 15 is 0 Å². The van der Waals surface area contributed by atoms with E-state index in [-0.39, 0.29) is 38.6 Å². The van der Waals surface area contributed by atoms with Gasteiger partial charge in [0.2, 0.25) is 0 Å². The molecule has 2 nitrogen and oxygen atoms in total. The van der Waals surface area contributed by atoms with E-state index in [1.807, 2.05) is 0 Å². The fourth-order valence-electron chi connectivity index (χ4n) is 0. The van der Waals surface area contributed by atoms with Crippen LogP contribution in [0.3, 0.4) is 0 Å². The largest absolute Gasteiger partial charge is 3.00 e. The number of hydrogen-bond acceptors (Lipinski definition) is 2. The number of carbonyl (C=O) groups excluding carboxylic acids is 1. The van der Waals surface area contributed by atoms with Gasteiger partial charge in [-0.2, -0.15) is 0 Å². The molecule has 0 heterocycles. The van der Waals surface area contributed by atoms with Crippen LogP contribution in [0.2, 0.25) is 0 Å². The minimum atomic E-state index is -1.08. The third-order valence-electron chi connectivity index (χ3n) is 0. The van der Waals surface area contributed by atoms with Crippen LogP contribution in [0.5, 0.6) is 0 Å². The van der Waals surface area contributed by atoms with Gasteiger partial charge in [-0.05, 0) is 6.92 Å². The van der Waals surface area contributed by atoms with Crippen LogP contribution >= 0.6 is 0 Å². The number of aliphatic carboxylic acids is 1. The molecular formula is C2H3BiClO2+. The Morgan fingerprint density at radius 3 is 1.67 bits per heavy atom. The Kier molecular flexibility index (Phi) is 24.4. The number of rotatable bonds is 0. The smallest absolute Gasteiger partial charge is 1.00 e. The van der Waals surface area contributed by atoms with E-state index in [9.17, 15) is 0 Å². The van der Waals surface area contributed by atoms with E-state index in [1.54, 1.807) is 0 Å². The van der Waals surface area contributed by atoms with Crippen LogP contribution in [0.1, 0.15) is 6.92 Å². The third kappa shape index (κ3) is 149. The van der Waals surface area contributed by atoms with Crippen molar-refractivity contribution in [1.29, 1.82) is 0 Å².